The SMILES string of the molecule is Cc1ccc(CNC(=O)C2CC(N)C2)o1. The van der Waals surface area contributed by atoms with Gasteiger partial charge in [0.1, 0.15) is 11.5 Å². The van der Waals surface area contributed by atoms with E-state index < -0.39 is 0 Å². The van der Waals surface area contributed by atoms with E-state index in [9.17, 15) is 4.79 Å². The van der Waals surface area contributed by atoms with Gasteiger partial charge in [-0.25, -0.2) is 0 Å². The molecule has 3 N–H and O–H groups in total. The summed E-state index contributed by atoms with van der Waals surface area (Å²) in [6.07, 6.45) is 1.62. The molecule has 0 saturated heterocycles. The first kappa shape index (κ1) is 10.2. The number of furan rings is 1. The molecular weight excluding hydrogens is 192 g/mol. The molecule has 4 heteroatoms. The highest BCUT2D eigenvalue weighted by Gasteiger charge is 2.31. The predicted molar refractivity (Wildman–Crippen MR) is 56.0 cm³/mol. The molecule has 2 rings (SSSR count). The van der Waals surface area contributed by atoms with Gasteiger partial charge in [-0.1, -0.05) is 0 Å². The van der Waals surface area contributed by atoms with Gasteiger partial charge in [-0.3, -0.25) is 4.79 Å². The van der Waals surface area contributed by atoms with Crippen molar-refractivity contribution in [3.05, 3.63) is 23.7 Å². The summed E-state index contributed by atoms with van der Waals surface area (Å²) in [5, 5.41) is 2.85. The lowest BCUT2D eigenvalue weighted by Gasteiger charge is -2.30. The number of nitrogens with one attached hydrogen (secondary N) is 1. The van der Waals surface area contributed by atoms with Gasteiger partial charge in [0.15, 0.2) is 0 Å². The molecule has 1 aromatic heterocycles. The zero-order chi connectivity index (χ0) is 10.8. The van der Waals surface area contributed by atoms with Crippen molar-refractivity contribution in [2.45, 2.75) is 32.4 Å². The summed E-state index contributed by atoms with van der Waals surface area (Å²) in [5.41, 5.74) is 5.62. The minimum absolute atomic E-state index is 0.0887. The van der Waals surface area contributed by atoms with Gasteiger partial charge >= 0.3 is 0 Å². The monoisotopic (exact) mass is 208 g/mol. The molecule has 1 saturated carbocycles. The highest BCUT2D eigenvalue weighted by Crippen LogP contribution is 2.25. The Morgan fingerprint density at radius 3 is 2.87 bits per heavy atom. The minimum Gasteiger partial charge on any atom is -0.465 e. The van der Waals surface area contributed by atoms with E-state index in [1.54, 1.807) is 0 Å². The number of rotatable bonds is 3. The Balaban J connectivity index is 1.76. The van der Waals surface area contributed by atoms with Crippen LogP contribution in [0.4, 0.5) is 0 Å². The second-order valence-electron chi connectivity index (χ2n) is 4.16. The Morgan fingerprint density at radius 2 is 2.33 bits per heavy atom. The number of hydrogen-bond acceptors (Lipinski definition) is 3. The second-order valence-corrected chi connectivity index (χ2v) is 4.16. The third-order valence-corrected chi connectivity index (χ3v) is 2.78. The molecule has 1 fully saturated rings. The molecular formula is C11H16N2O2. The fraction of sp³-hybridized carbons (Fsp3) is 0.545. The lowest BCUT2D eigenvalue weighted by atomic mass is 9.80. The molecule has 1 heterocycles. The summed E-state index contributed by atoms with van der Waals surface area (Å²) in [7, 11) is 0. The van der Waals surface area contributed by atoms with E-state index in [-0.39, 0.29) is 17.9 Å². The molecule has 0 aromatic carbocycles. The van der Waals surface area contributed by atoms with Gasteiger partial charge in [0.25, 0.3) is 0 Å². The van der Waals surface area contributed by atoms with Crippen molar-refractivity contribution in [3.8, 4) is 0 Å². The molecule has 0 radical (unpaired) electrons. The fourth-order valence-corrected chi connectivity index (χ4v) is 1.77. The van der Waals surface area contributed by atoms with E-state index in [0.29, 0.717) is 6.54 Å². The maximum absolute atomic E-state index is 11.5. The highest BCUT2D eigenvalue weighted by atomic mass is 16.3. The average molecular weight is 208 g/mol. The third kappa shape index (κ3) is 2.39. The van der Waals surface area contributed by atoms with Crippen LogP contribution in [-0.4, -0.2) is 11.9 Å². The van der Waals surface area contributed by atoms with E-state index >= 15 is 0 Å². The van der Waals surface area contributed by atoms with Crippen LogP contribution in [0, 0.1) is 12.8 Å². The molecule has 0 bridgehead atoms. The van der Waals surface area contributed by atoms with Crippen LogP contribution in [0.2, 0.25) is 0 Å². The van der Waals surface area contributed by atoms with Crippen LogP contribution in [-0.2, 0) is 11.3 Å². The van der Waals surface area contributed by atoms with Gasteiger partial charge in [0, 0.05) is 12.0 Å². The van der Waals surface area contributed by atoms with Crippen LogP contribution in [0.5, 0.6) is 0 Å². The van der Waals surface area contributed by atoms with Crippen molar-refractivity contribution < 1.29 is 9.21 Å². The first-order chi connectivity index (χ1) is 7.15. The predicted octanol–water partition coefficient (Wildman–Crippen LogP) is 0.942. The lowest BCUT2D eigenvalue weighted by Crippen LogP contribution is -2.44. The number of aryl methyl sites for hydroxylation is 1. The Morgan fingerprint density at radius 1 is 1.60 bits per heavy atom. The number of carbonyl (C=O) groups excluding carboxylic acids is 1. The Kier molecular flexibility index (Phi) is 2.77. The molecule has 4 nitrogen and oxygen atoms in total. The van der Waals surface area contributed by atoms with Gasteiger partial charge in [-0.2, -0.15) is 0 Å². The number of nitrogens with two attached hydrogens (primary N) is 1. The maximum Gasteiger partial charge on any atom is 0.223 e. The number of hydrogen-bond donors (Lipinski definition) is 2. The van der Waals surface area contributed by atoms with E-state index in [2.05, 4.69) is 5.32 Å². The van der Waals surface area contributed by atoms with Crippen LogP contribution in [0.15, 0.2) is 16.5 Å². The van der Waals surface area contributed by atoms with Crippen molar-refractivity contribution in [1.82, 2.24) is 5.32 Å². The number of carbonyl (C=O) groups is 1. The molecule has 0 atom stereocenters. The average Bonchev–Trinajstić information content (AvgIpc) is 2.56. The van der Waals surface area contributed by atoms with Crippen LogP contribution >= 0.6 is 0 Å². The normalized spacial score (nSPS) is 24.7. The molecule has 1 aromatic rings. The molecule has 1 aliphatic carbocycles. The standard InChI is InChI=1S/C11H16N2O2/c1-7-2-3-10(15-7)6-13-11(14)8-4-9(12)5-8/h2-3,8-9H,4-6,12H2,1H3,(H,13,14). The Bertz CT molecular complexity index is 353. The topological polar surface area (TPSA) is 68.3 Å². The zero-order valence-electron chi connectivity index (χ0n) is 8.82. The number of amides is 1. The van der Waals surface area contributed by atoms with Gasteiger partial charge in [-0.05, 0) is 31.9 Å². The molecule has 82 valence electrons. The Hall–Kier alpha value is -1.29. The molecule has 0 aliphatic heterocycles. The van der Waals surface area contributed by atoms with Crippen molar-refractivity contribution in [2.24, 2.45) is 11.7 Å². The smallest absolute Gasteiger partial charge is 0.223 e. The summed E-state index contributed by atoms with van der Waals surface area (Å²) >= 11 is 0. The molecule has 1 amide bonds. The summed E-state index contributed by atoms with van der Waals surface area (Å²) in [6.45, 7) is 2.36. The fourth-order valence-electron chi connectivity index (χ4n) is 1.77. The van der Waals surface area contributed by atoms with E-state index in [1.807, 2.05) is 19.1 Å². The molecule has 1 aliphatic rings. The lowest BCUT2D eigenvalue weighted by molar-refractivity contribution is -0.128. The van der Waals surface area contributed by atoms with E-state index in [1.165, 1.54) is 0 Å². The van der Waals surface area contributed by atoms with Gasteiger partial charge in [0.2, 0.25) is 5.91 Å². The van der Waals surface area contributed by atoms with Gasteiger partial charge in [0.05, 0.1) is 6.54 Å². The molecule has 15 heavy (non-hydrogen) atoms. The van der Waals surface area contributed by atoms with Crippen LogP contribution in [0.3, 0.4) is 0 Å². The highest BCUT2D eigenvalue weighted by molar-refractivity contribution is 5.79. The van der Waals surface area contributed by atoms with Crippen LogP contribution in [0.1, 0.15) is 24.4 Å². The minimum atomic E-state index is 0.0887. The first-order valence-corrected chi connectivity index (χ1v) is 5.24. The van der Waals surface area contributed by atoms with Crippen molar-refractivity contribution >= 4 is 5.91 Å². The van der Waals surface area contributed by atoms with E-state index in [0.717, 1.165) is 24.4 Å². The molecule has 0 unspecified atom stereocenters. The van der Waals surface area contributed by atoms with Crippen molar-refractivity contribution in [2.75, 3.05) is 0 Å². The van der Waals surface area contributed by atoms with E-state index in [4.69, 9.17) is 10.2 Å². The van der Waals surface area contributed by atoms with Crippen molar-refractivity contribution in [3.63, 3.8) is 0 Å². The summed E-state index contributed by atoms with van der Waals surface area (Å²) in [4.78, 5) is 11.5. The van der Waals surface area contributed by atoms with Crippen LogP contribution in [0.25, 0.3) is 0 Å². The summed E-state index contributed by atoms with van der Waals surface area (Å²) in [5.74, 6) is 1.86. The quantitative estimate of drug-likeness (QED) is 0.776. The largest absolute Gasteiger partial charge is 0.465 e. The third-order valence-electron chi connectivity index (χ3n) is 2.78. The van der Waals surface area contributed by atoms with Gasteiger partial charge in [-0.15, -0.1) is 0 Å². The first-order valence-electron chi connectivity index (χ1n) is 5.24. The molecule has 0 spiro atoms. The zero-order valence-corrected chi connectivity index (χ0v) is 8.82. The Labute approximate surface area is 88.8 Å². The van der Waals surface area contributed by atoms with Crippen LogP contribution < -0.4 is 11.1 Å². The summed E-state index contributed by atoms with van der Waals surface area (Å²) in [6, 6.07) is 3.98. The second kappa shape index (κ2) is 4.06. The summed E-state index contributed by atoms with van der Waals surface area (Å²) < 4.78 is 5.35. The van der Waals surface area contributed by atoms with Crippen molar-refractivity contribution in [1.29, 1.82) is 0 Å². The maximum atomic E-state index is 11.5. The van der Waals surface area contributed by atoms with Gasteiger partial charge < -0.3 is 15.5 Å².